The van der Waals surface area contributed by atoms with Crippen LogP contribution in [0.4, 0.5) is 0 Å². The molecule has 2 aliphatic rings. The molecule has 2 fully saturated rings. The van der Waals surface area contributed by atoms with E-state index >= 15 is 0 Å². The van der Waals surface area contributed by atoms with Crippen LogP contribution in [-0.4, -0.2) is 34.5 Å². The molecule has 5 atom stereocenters. The number of nitrogens with zero attached hydrogens (tertiary/aromatic N) is 1. The highest BCUT2D eigenvalue weighted by Gasteiger charge is 2.57. The number of hydrogen-bond donors (Lipinski definition) is 2. The predicted octanol–water partition coefficient (Wildman–Crippen LogP) is 3.59. The summed E-state index contributed by atoms with van der Waals surface area (Å²) in [4.78, 5) is 4.01. The van der Waals surface area contributed by atoms with Crippen LogP contribution in [0.2, 0.25) is 0 Å². The number of aliphatic hydroxyl groups excluding tert-OH is 2. The van der Waals surface area contributed by atoms with Gasteiger partial charge in [-0.3, -0.25) is 4.98 Å². The Hall–Kier alpha value is -1.39. The van der Waals surface area contributed by atoms with Crippen LogP contribution in [0.15, 0.2) is 36.7 Å². The maximum Gasteiger partial charge on any atom is 0.122 e. The lowest BCUT2D eigenvalue weighted by Gasteiger charge is -2.60. The average Bonchev–Trinajstić information content (AvgIpc) is 2.62. The van der Waals surface area contributed by atoms with Crippen molar-refractivity contribution in [3.63, 3.8) is 0 Å². The molecule has 0 bridgehead atoms. The van der Waals surface area contributed by atoms with Gasteiger partial charge < -0.3 is 14.9 Å². The first-order valence-corrected chi connectivity index (χ1v) is 9.41. The molecular formula is C21H31NO3. The highest BCUT2D eigenvalue weighted by Crippen LogP contribution is 2.61. The minimum atomic E-state index is -0.421. The number of aromatic nitrogens is 1. The molecule has 0 aromatic carbocycles. The molecule has 2 N–H and O–H groups in total. The summed E-state index contributed by atoms with van der Waals surface area (Å²) in [6.45, 7) is 9.44. The van der Waals surface area contributed by atoms with Gasteiger partial charge in [0.1, 0.15) is 5.75 Å². The molecule has 4 heteroatoms. The Morgan fingerprint density at radius 2 is 2.00 bits per heavy atom. The second-order valence-electron chi connectivity index (χ2n) is 8.35. The standard InChI is InChI=1S/C21H31NO3/c1-15-4-5-18-20(2,10-6-19(24)21(18,3)14-23)17(15)9-13-25-16-7-11-22-12-8-16/h7-8,11-12,17-19,23-24H,1,4-6,9-10,13-14H2,2-3H3/t17-,18?,19-,20?,21+/m1/s1. The Labute approximate surface area is 150 Å². The van der Waals surface area contributed by atoms with E-state index in [9.17, 15) is 10.2 Å². The van der Waals surface area contributed by atoms with Gasteiger partial charge in [-0.15, -0.1) is 0 Å². The van der Waals surface area contributed by atoms with Crippen molar-refractivity contribution in [2.75, 3.05) is 13.2 Å². The van der Waals surface area contributed by atoms with Crippen molar-refractivity contribution in [3.05, 3.63) is 36.7 Å². The molecule has 2 saturated carbocycles. The lowest BCUT2D eigenvalue weighted by molar-refractivity contribution is -0.152. The van der Waals surface area contributed by atoms with E-state index < -0.39 is 11.5 Å². The van der Waals surface area contributed by atoms with Crippen LogP contribution in [-0.2, 0) is 0 Å². The molecule has 0 saturated heterocycles. The SMILES string of the molecule is C=C1CCC2C(C)(CC[C@@H](O)[C@@]2(C)CO)[C@@H]1CCOc1ccncc1. The Kier molecular flexibility index (Phi) is 5.21. The first-order valence-electron chi connectivity index (χ1n) is 9.41. The monoisotopic (exact) mass is 345 g/mol. The van der Waals surface area contributed by atoms with Gasteiger partial charge in [0.05, 0.1) is 19.3 Å². The van der Waals surface area contributed by atoms with E-state index in [4.69, 9.17) is 4.74 Å². The fraction of sp³-hybridized carbons (Fsp3) is 0.667. The number of aliphatic hydroxyl groups is 2. The van der Waals surface area contributed by atoms with Gasteiger partial charge in [-0.2, -0.15) is 0 Å². The molecule has 1 aromatic rings. The molecule has 1 aromatic heterocycles. The number of allylic oxidation sites excluding steroid dienone is 1. The van der Waals surface area contributed by atoms with E-state index in [1.165, 1.54) is 5.57 Å². The highest BCUT2D eigenvalue weighted by atomic mass is 16.5. The summed E-state index contributed by atoms with van der Waals surface area (Å²) >= 11 is 0. The lowest BCUT2D eigenvalue weighted by atomic mass is 9.46. The maximum atomic E-state index is 10.5. The van der Waals surface area contributed by atoms with Crippen LogP contribution in [0.25, 0.3) is 0 Å². The average molecular weight is 345 g/mol. The van der Waals surface area contributed by atoms with Crippen molar-refractivity contribution in [1.82, 2.24) is 4.98 Å². The Morgan fingerprint density at radius 3 is 2.68 bits per heavy atom. The maximum absolute atomic E-state index is 10.5. The molecule has 0 amide bonds. The van der Waals surface area contributed by atoms with Crippen LogP contribution in [0, 0.1) is 22.7 Å². The Balaban J connectivity index is 1.75. The first-order chi connectivity index (χ1) is 11.9. The molecule has 0 aliphatic heterocycles. The zero-order valence-electron chi connectivity index (χ0n) is 15.4. The summed E-state index contributed by atoms with van der Waals surface area (Å²) in [6, 6.07) is 3.75. The van der Waals surface area contributed by atoms with E-state index in [1.807, 2.05) is 12.1 Å². The number of pyridine rings is 1. The predicted molar refractivity (Wildman–Crippen MR) is 98.2 cm³/mol. The minimum absolute atomic E-state index is 0.0428. The number of fused-ring (bicyclic) bond motifs is 1. The fourth-order valence-electron chi connectivity index (χ4n) is 5.46. The Morgan fingerprint density at radius 1 is 1.28 bits per heavy atom. The van der Waals surface area contributed by atoms with Crippen LogP contribution in [0.3, 0.4) is 0 Å². The molecular weight excluding hydrogens is 314 g/mol. The van der Waals surface area contributed by atoms with Crippen molar-refractivity contribution in [2.24, 2.45) is 22.7 Å². The van der Waals surface area contributed by atoms with Gasteiger partial charge in [-0.25, -0.2) is 0 Å². The minimum Gasteiger partial charge on any atom is -0.493 e. The largest absolute Gasteiger partial charge is 0.493 e. The molecule has 138 valence electrons. The number of ether oxygens (including phenoxy) is 1. The van der Waals surface area contributed by atoms with Gasteiger partial charge in [-0.1, -0.05) is 26.0 Å². The van der Waals surface area contributed by atoms with Gasteiger partial charge in [0.15, 0.2) is 0 Å². The van der Waals surface area contributed by atoms with E-state index in [0.29, 0.717) is 18.4 Å². The second-order valence-corrected chi connectivity index (χ2v) is 8.35. The molecule has 25 heavy (non-hydrogen) atoms. The zero-order chi connectivity index (χ0) is 18.1. The van der Waals surface area contributed by atoms with Crippen molar-refractivity contribution < 1.29 is 14.9 Å². The molecule has 1 heterocycles. The van der Waals surface area contributed by atoms with Gasteiger partial charge in [0.25, 0.3) is 0 Å². The summed E-state index contributed by atoms with van der Waals surface area (Å²) in [5.41, 5.74) is 0.944. The first kappa shape index (κ1) is 18.4. The third-order valence-electron chi connectivity index (χ3n) is 7.02. The van der Waals surface area contributed by atoms with Crippen molar-refractivity contribution in [3.8, 4) is 5.75 Å². The molecule has 2 unspecified atom stereocenters. The lowest BCUT2D eigenvalue weighted by Crippen LogP contribution is -2.57. The van der Waals surface area contributed by atoms with Gasteiger partial charge in [0.2, 0.25) is 0 Å². The topological polar surface area (TPSA) is 62.6 Å². The smallest absolute Gasteiger partial charge is 0.122 e. The third kappa shape index (κ3) is 3.22. The van der Waals surface area contributed by atoms with Crippen LogP contribution in [0.1, 0.15) is 46.0 Å². The van der Waals surface area contributed by atoms with Crippen LogP contribution < -0.4 is 4.74 Å². The summed E-state index contributed by atoms with van der Waals surface area (Å²) in [5, 5.41) is 20.6. The Bertz CT molecular complexity index is 604. The summed E-state index contributed by atoms with van der Waals surface area (Å²) in [7, 11) is 0. The summed E-state index contributed by atoms with van der Waals surface area (Å²) in [5.74, 6) is 1.52. The van der Waals surface area contributed by atoms with Crippen molar-refractivity contribution in [2.45, 2.75) is 52.1 Å². The molecule has 2 aliphatic carbocycles. The van der Waals surface area contributed by atoms with E-state index in [0.717, 1.165) is 37.9 Å². The molecule has 3 rings (SSSR count). The van der Waals surface area contributed by atoms with Crippen LogP contribution >= 0.6 is 0 Å². The van der Waals surface area contributed by atoms with Crippen molar-refractivity contribution >= 4 is 0 Å². The normalized spacial score (nSPS) is 38.2. The highest BCUT2D eigenvalue weighted by molar-refractivity contribution is 5.19. The summed E-state index contributed by atoms with van der Waals surface area (Å²) < 4.78 is 5.90. The van der Waals surface area contributed by atoms with Gasteiger partial charge in [-0.05, 0) is 61.5 Å². The van der Waals surface area contributed by atoms with E-state index in [2.05, 4.69) is 25.4 Å². The van der Waals surface area contributed by atoms with E-state index in [-0.39, 0.29) is 12.0 Å². The summed E-state index contributed by atoms with van der Waals surface area (Å²) in [6.07, 6.45) is 7.69. The quantitative estimate of drug-likeness (QED) is 0.801. The molecule has 0 spiro atoms. The van der Waals surface area contributed by atoms with Gasteiger partial charge in [0, 0.05) is 17.8 Å². The van der Waals surface area contributed by atoms with Crippen LogP contribution in [0.5, 0.6) is 5.75 Å². The van der Waals surface area contributed by atoms with Gasteiger partial charge >= 0.3 is 0 Å². The zero-order valence-corrected chi connectivity index (χ0v) is 15.4. The van der Waals surface area contributed by atoms with Crippen molar-refractivity contribution in [1.29, 1.82) is 0 Å². The number of hydrogen-bond acceptors (Lipinski definition) is 4. The molecule has 0 radical (unpaired) electrons. The molecule has 4 nitrogen and oxygen atoms in total. The number of rotatable bonds is 5. The third-order valence-corrected chi connectivity index (χ3v) is 7.02. The second kappa shape index (κ2) is 7.08. The van der Waals surface area contributed by atoms with E-state index in [1.54, 1.807) is 12.4 Å². The fourth-order valence-corrected chi connectivity index (χ4v) is 5.46.